The molecule has 1 unspecified atom stereocenters. The number of carboxylic acid groups (broad SMARTS) is 1. The number of unbranched alkanes of at least 4 members (excludes halogenated alkanes) is 27. The summed E-state index contributed by atoms with van der Waals surface area (Å²) in [6, 6.07) is 0. The number of allylic oxidation sites excluding steroid dienone is 1. The van der Waals surface area contributed by atoms with Crippen molar-refractivity contribution in [3.63, 3.8) is 0 Å². The highest BCUT2D eigenvalue weighted by atomic mass is 16.5. The second kappa shape index (κ2) is 38.0. The van der Waals surface area contributed by atoms with Crippen LogP contribution in [0.3, 0.4) is 0 Å². The number of ether oxygens (including phenoxy) is 1. The third-order valence-electron chi connectivity index (χ3n) is 9.42. The molecule has 0 saturated heterocycles. The SMILES string of the molecule is CCCCCCCCC/C=C\C(CCCCCCC(=O)NCC(=O)O)OC(=O)CCCCCCCCCCCCCCCCCCCC. The molecule has 48 heavy (non-hydrogen) atoms. The molecule has 0 heterocycles. The minimum atomic E-state index is -1.02. The normalized spacial score (nSPS) is 12.0. The number of rotatable bonds is 38. The van der Waals surface area contributed by atoms with E-state index in [0.29, 0.717) is 12.8 Å². The maximum atomic E-state index is 12.7. The number of carboxylic acids is 1. The van der Waals surface area contributed by atoms with Crippen LogP contribution >= 0.6 is 0 Å². The van der Waals surface area contributed by atoms with Gasteiger partial charge in [-0.05, 0) is 44.6 Å². The van der Waals surface area contributed by atoms with E-state index in [1.54, 1.807) is 0 Å². The molecular weight excluding hydrogens is 598 g/mol. The van der Waals surface area contributed by atoms with E-state index in [1.807, 2.05) is 0 Å². The predicted molar refractivity (Wildman–Crippen MR) is 203 cm³/mol. The first-order valence-corrected chi connectivity index (χ1v) is 20.8. The lowest BCUT2D eigenvalue weighted by molar-refractivity contribution is -0.147. The zero-order valence-electron chi connectivity index (χ0n) is 31.9. The van der Waals surface area contributed by atoms with Gasteiger partial charge in [-0.25, -0.2) is 0 Å². The third-order valence-corrected chi connectivity index (χ3v) is 9.42. The number of carbonyl (C=O) groups excluding carboxylic acids is 2. The molecule has 0 aliphatic rings. The molecule has 1 atom stereocenters. The van der Waals surface area contributed by atoms with Crippen molar-refractivity contribution in [2.75, 3.05) is 6.54 Å². The highest BCUT2D eigenvalue weighted by Crippen LogP contribution is 2.17. The van der Waals surface area contributed by atoms with Gasteiger partial charge < -0.3 is 15.2 Å². The summed E-state index contributed by atoms with van der Waals surface area (Å²) in [6.45, 7) is 4.21. The van der Waals surface area contributed by atoms with Gasteiger partial charge in [0.25, 0.3) is 0 Å². The molecule has 0 bridgehead atoms. The van der Waals surface area contributed by atoms with Crippen molar-refractivity contribution in [1.29, 1.82) is 0 Å². The molecule has 1 amide bonds. The molecule has 2 N–H and O–H groups in total. The quantitative estimate of drug-likeness (QED) is 0.0385. The Balaban J connectivity index is 4.04. The molecule has 0 saturated carbocycles. The number of nitrogens with one attached hydrogen (secondary N) is 1. The van der Waals surface area contributed by atoms with Crippen LogP contribution in [0, 0.1) is 0 Å². The Bertz CT molecular complexity index is 752. The molecule has 0 spiro atoms. The van der Waals surface area contributed by atoms with E-state index in [2.05, 4.69) is 31.3 Å². The number of aliphatic carboxylic acids is 1. The van der Waals surface area contributed by atoms with Gasteiger partial charge in [0.15, 0.2) is 0 Å². The second-order valence-corrected chi connectivity index (χ2v) is 14.3. The molecular formula is C42H79NO5. The molecule has 0 aromatic heterocycles. The van der Waals surface area contributed by atoms with Gasteiger partial charge in [-0.1, -0.05) is 180 Å². The van der Waals surface area contributed by atoms with Gasteiger partial charge in [0.2, 0.25) is 5.91 Å². The number of amides is 1. The van der Waals surface area contributed by atoms with Crippen LogP contribution in [-0.4, -0.2) is 35.6 Å². The first-order chi connectivity index (χ1) is 23.5. The van der Waals surface area contributed by atoms with E-state index < -0.39 is 5.97 Å². The summed E-state index contributed by atoms with van der Waals surface area (Å²) in [5.41, 5.74) is 0. The molecule has 6 nitrogen and oxygen atoms in total. The fraction of sp³-hybridized carbons (Fsp3) is 0.881. The molecule has 0 fully saturated rings. The topological polar surface area (TPSA) is 92.7 Å². The van der Waals surface area contributed by atoms with Crippen molar-refractivity contribution in [3.05, 3.63) is 12.2 Å². The maximum Gasteiger partial charge on any atom is 0.322 e. The standard InChI is InChI=1S/C42H79NO5/c1-3-5-7-9-11-13-14-15-16-17-18-19-20-21-23-25-27-33-37-42(47)48-39(34-30-26-24-22-12-10-8-6-4-2)35-31-28-29-32-36-40(44)43-38-41(45)46/h30,34,39H,3-29,31-33,35-38H2,1-2H3,(H,43,44)(H,45,46)/b34-30-. The largest absolute Gasteiger partial charge is 0.480 e. The number of esters is 1. The minimum Gasteiger partial charge on any atom is -0.480 e. The van der Waals surface area contributed by atoms with Crippen molar-refractivity contribution in [3.8, 4) is 0 Å². The van der Waals surface area contributed by atoms with Crippen LogP contribution in [0.5, 0.6) is 0 Å². The van der Waals surface area contributed by atoms with Crippen molar-refractivity contribution in [2.24, 2.45) is 0 Å². The lowest BCUT2D eigenvalue weighted by Gasteiger charge is -2.15. The van der Waals surface area contributed by atoms with Crippen molar-refractivity contribution in [1.82, 2.24) is 5.32 Å². The zero-order chi connectivity index (χ0) is 35.2. The van der Waals surface area contributed by atoms with Gasteiger partial charge in [-0.2, -0.15) is 0 Å². The monoisotopic (exact) mass is 678 g/mol. The molecule has 0 aliphatic carbocycles. The molecule has 0 radical (unpaired) electrons. The highest BCUT2D eigenvalue weighted by molar-refractivity contribution is 5.80. The van der Waals surface area contributed by atoms with E-state index in [9.17, 15) is 14.4 Å². The fourth-order valence-electron chi connectivity index (χ4n) is 6.31. The Morgan fingerprint density at radius 3 is 1.40 bits per heavy atom. The average molecular weight is 678 g/mol. The Hall–Kier alpha value is -1.85. The molecule has 0 rings (SSSR count). The summed E-state index contributed by atoms with van der Waals surface area (Å²) in [5, 5.41) is 11.1. The van der Waals surface area contributed by atoms with Crippen molar-refractivity contribution < 1.29 is 24.2 Å². The van der Waals surface area contributed by atoms with Crippen LogP contribution in [0.2, 0.25) is 0 Å². The molecule has 0 aromatic carbocycles. The fourth-order valence-corrected chi connectivity index (χ4v) is 6.31. The van der Waals surface area contributed by atoms with Crippen LogP contribution in [0.25, 0.3) is 0 Å². The Labute approximate surface area is 297 Å². The third kappa shape index (κ3) is 37.0. The van der Waals surface area contributed by atoms with Crippen LogP contribution in [0.1, 0.15) is 226 Å². The van der Waals surface area contributed by atoms with Crippen LogP contribution in [-0.2, 0) is 19.1 Å². The van der Waals surface area contributed by atoms with E-state index in [1.165, 1.54) is 148 Å². The van der Waals surface area contributed by atoms with E-state index >= 15 is 0 Å². The summed E-state index contributed by atoms with van der Waals surface area (Å²) in [5.74, 6) is -1.31. The van der Waals surface area contributed by atoms with Gasteiger partial charge in [0, 0.05) is 12.8 Å². The van der Waals surface area contributed by atoms with Gasteiger partial charge >= 0.3 is 11.9 Å². The van der Waals surface area contributed by atoms with Crippen LogP contribution in [0.4, 0.5) is 0 Å². The summed E-state index contributed by atoms with van der Waals surface area (Å²) in [4.78, 5) is 34.9. The Morgan fingerprint density at radius 2 is 0.938 bits per heavy atom. The first kappa shape index (κ1) is 46.1. The summed E-state index contributed by atoms with van der Waals surface area (Å²) in [6.07, 6.45) is 43.5. The molecule has 0 aromatic rings. The summed E-state index contributed by atoms with van der Waals surface area (Å²) >= 11 is 0. The van der Waals surface area contributed by atoms with E-state index in [0.717, 1.165) is 51.4 Å². The smallest absolute Gasteiger partial charge is 0.322 e. The number of carbonyl (C=O) groups is 3. The zero-order valence-corrected chi connectivity index (χ0v) is 31.9. The van der Waals surface area contributed by atoms with Crippen molar-refractivity contribution in [2.45, 2.75) is 232 Å². The van der Waals surface area contributed by atoms with Gasteiger partial charge in [0.1, 0.15) is 12.6 Å². The van der Waals surface area contributed by atoms with E-state index in [4.69, 9.17) is 9.84 Å². The predicted octanol–water partition coefficient (Wildman–Crippen LogP) is 12.6. The minimum absolute atomic E-state index is 0.0767. The maximum absolute atomic E-state index is 12.7. The van der Waals surface area contributed by atoms with Crippen LogP contribution in [0.15, 0.2) is 12.2 Å². The van der Waals surface area contributed by atoms with Gasteiger partial charge in [-0.3, -0.25) is 14.4 Å². The lowest BCUT2D eigenvalue weighted by Crippen LogP contribution is -2.28. The Morgan fingerprint density at radius 1 is 0.542 bits per heavy atom. The molecule has 0 aliphatic heterocycles. The summed E-state index contributed by atoms with van der Waals surface area (Å²) in [7, 11) is 0. The molecule has 6 heteroatoms. The van der Waals surface area contributed by atoms with Gasteiger partial charge in [0.05, 0.1) is 0 Å². The summed E-state index contributed by atoms with van der Waals surface area (Å²) < 4.78 is 5.91. The second-order valence-electron chi connectivity index (χ2n) is 14.3. The first-order valence-electron chi connectivity index (χ1n) is 20.8. The molecule has 282 valence electrons. The number of hydrogen-bond donors (Lipinski definition) is 2. The Kier molecular flexibility index (Phi) is 36.5. The van der Waals surface area contributed by atoms with Crippen LogP contribution < -0.4 is 5.32 Å². The lowest BCUT2D eigenvalue weighted by atomic mass is 10.0. The highest BCUT2D eigenvalue weighted by Gasteiger charge is 2.12. The van der Waals surface area contributed by atoms with E-state index in [-0.39, 0.29) is 24.5 Å². The van der Waals surface area contributed by atoms with Gasteiger partial charge in [-0.15, -0.1) is 0 Å². The van der Waals surface area contributed by atoms with Crippen molar-refractivity contribution >= 4 is 17.8 Å². The number of hydrogen-bond acceptors (Lipinski definition) is 4. The average Bonchev–Trinajstić information content (AvgIpc) is 3.07.